The average Bonchev–Trinajstić information content (AvgIpc) is 3.04. The molecule has 0 saturated carbocycles. The van der Waals surface area contributed by atoms with E-state index in [9.17, 15) is 9.59 Å². The van der Waals surface area contributed by atoms with E-state index in [1.54, 1.807) is 11.0 Å². The van der Waals surface area contributed by atoms with Crippen LogP contribution in [0.4, 0.5) is 0 Å². The van der Waals surface area contributed by atoms with Crippen LogP contribution in [-0.4, -0.2) is 27.8 Å². The van der Waals surface area contributed by atoms with Gasteiger partial charge in [0.25, 0.3) is 5.91 Å². The maximum atomic E-state index is 12.8. The highest BCUT2D eigenvalue weighted by Gasteiger charge is 2.39. The van der Waals surface area contributed by atoms with Gasteiger partial charge in [-0.2, -0.15) is 0 Å². The first-order valence-corrected chi connectivity index (χ1v) is 7.80. The Kier molecular flexibility index (Phi) is 3.16. The normalized spacial score (nSPS) is 16.6. The van der Waals surface area contributed by atoms with Crippen molar-refractivity contribution >= 4 is 22.7 Å². The summed E-state index contributed by atoms with van der Waals surface area (Å²) in [6.45, 7) is -0.0958. The monoisotopic (exact) mass is 319 g/mol. The molecule has 0 radical (unpaired) electrons. The van der Waals surface area contributed by atoms with Crippen LogP contribution < -0.4 is 5.73 Å². The molecule has 0 aliphatic carbocycles. The predicted octanol–water partition coefficient (Wildman–Crippen LogP) is 2.21. The highest BCUT2D eigenvalue weighted by atomic mass is 16.2. The smallest absolute Gasteiger partial charge is 0.255 e. The van der Waals surface area contributed by atoms with Gasteiger partial charge in [-0.1, -0.05) is 36.4 Å². The molecule has 2 heterocycles. The molecule has 2 amide bonds. The van der Waals surface area contributed by atoms with Gasteiger partial charge in [-0.25, -0.2) is 0 Å². The summed E-state index contributed by atoms with van der Waals surface area (Å²) in [6.07, 6.45) is 2.03. The fourth-order valence-electron chi connectivity index (χ4n) is 3.63. The number of aromatic nitrogens is 1. The minimum Gasteiger partial charge on any atom is -0.368 e. The quantitative estimate of drug-likeness (QED) is 0.804. The SMILES string of the molecule is Cn1cc(C2c3ccccc3C(=O)N2CC(N)=O)c2ccccc21. The highest BCUT2D eigenvalue weighted by Crippen LogP contribution is 2.41. The number of amides is 2. The van der Waals surface area contributed by atoms with Crippen molar-refractivity contribution in [1.29, 1.82) is 0 Å². The largest absolute Gasteiger partial charge is 0.368 e. The summed E-state index contributed by atoms with van der Waals surface area (Å²) >= 11 is 0. The fourth-order valence-corrected chi connectivity index (χ4v) is 3.63. The van der Waals surface area contributed by atoms with Gasteiger partial charge in [0.15, 0.2) is 0 Å². The van der Waals surface area contributed by atoms with Gasteiger partial charge in [0.1, 0.15) is 6.54 Å². The number of aryl methyl sites for hydroxylation is 1. The van der Waals surface area contributed by atoms with Gasteiger partial charge in [0.2, 0.25) is 5.91 Å². The van der Waals surface area contributed by atoms with Crippen molar-refractivity contribution in [2.45, 2.75) is 6.04 Å². The van der Waals surface area contributed by atoms with E-state index in [0.717, 1.165) is 22.0 Å². The maximum absolute atomic E-state index is 12.8. The summed E-state index contributed by atoms with van der Waals surface area (Å²) in [4.78, 5) is 25.9. The second kappa shape index (κ2) is 5.23. The molecule has 0 spiro atoms. The van der Waals surface area contributed by atoms with Crippen molar-refractivity contribution in [3.8, 4) is 0 Å². The molecular formula is C19H17N3O2. The van der Waals surface area contributed by atoms with Crippen LogP contribution in [0.1, 0.15) is 27.5 Å². The Bertz CT molecular complexity index is 974. The second-order valence-corrected chi connectivity index (χ2v) is 6.10. The summed E-state index contributed by atoms with van der Waals surface area (Å²) in [7, 11) is 1.98. The second-order valence-electron chi connectivity index (χ2n) is 6.10. The average molecular weight is 319 g/mol. The van der Waals surface area contributed by atoms with Gasteiger partial charge >= 0.3 is 0 Å². The van der Waals surface area contributed by atoms with E-state index in [-0.39, 0.29) is 18.5 Å². The molecule has 2 aromatic carbocycles. The van der Waals surface area contributed by atoms with Crippen molar-refractivity contribution in [3.05, 3.63) is 71.4 Å². The number of rotatable bonds is 3. The van der Waals surface area contributed by atoms with Crippen molar-refractivity contribution in [2.24, 2.45) is 12.8 Å². The minimum absolute atomic E-state index is 0.0958. The van der Waals surface area contributed by atoms with Crippen molar-refractivity contribution in [1.82, 2.24) is 9.47 Å². The zero-order valence-electron chi connectivity index (χ0n) is 13.3. The number of nitrogens with two attached hydrogens (primary N) is 1. The molecule has 0 saturated heterocycles. The molecule has 0 bridgehead atoms. The summed E-state index contributed by atoms with van der Waals surface area (Å²) in [5.41, 5.74) is 9.04. The van der Waals surface area contributed by atoms with Crippen LogP contribution in [0, 0.1) is 0 Å². The van der Waals surface area contributed by atoms with Crippen LogP contribution in [0.5, 0.6) is 0 Å². The lowest BCUT2D eigenvalue weighted by Crippen LogP contribution is -2.36. The van der Waals surface area contributed by atoms with E-state index in [4.69, 9.17) is 5.73 Å². The Balaban J connectivity index is 1.96. The molecule has 1 aliphatic rings. The summed E-state index contributed by atoms with van der Waals surface area (Å²) in [6, 6.07) is 15.2. The number of para-hydroxylation sites is 1. The van der Waals surface area contributed by atoms with Gasteiger partial charge in [0.05, 0.1) is 6.04 Å². The standard InChI is InChI=1S/C19H17N3O2/c1-21-10-15(12-6-4-5-9-16(12)21)18-13-7-2-3-8-14(13)19(24)22(18)11-17(20)23/h2-10,18H,11H2,1H3,(H2,20,23). The van der Waals surface area contributed by atoms with Crippen LogP contribution in [0.15, 0.2) is 54.7 Å². The number of carbonyl (C=O) groups excluding carboxylic acids is 2. The molecule has 1 aromatic heterocycles. The van der Waals surface area contributed by atoms with Crippen LogP contribution in [0.3, 0.4) is 0 Å². The lowest BCUT2D eigenvalue weighted by molar-refractivity contribution is -0.118. The van der Waals surface area contributed by atoms with E-state index in [0.29, 0.717) is 5.56 Å². The van der Waals surface area contributed by atoms with E-state index < -0.39 is 5.91 Å². The first-order valence-electron chi connectivity index (χ1n) is 7.80. The van der Waals surface area contributed by atoms with Crippen molar-refractivity contribution < 1.29 is 9.59 Å². The number of benzene rings is 2. The summed E-state index contributed by atoms with van der Waals surface area (Å²) < 4.78 is 2.04. The third-order valence-corrected chi connectivity index (χ3v) is 4.61. The molecule has 1 unspecified atom stereocenters. The fraction of sp³-hybridized carbons (Fsp3) is 0.158. The lowest BCUT2D eigenvalue weighted by atomic mass is 9.97. The Hall–Kier alpha value is -3.08. The van der Waals surface area contributed by atoms with Crippen LogP contribution >= 0.6 is 0 Å². The third kappa shape index (κ3) is 2.01. The number of nitrogens with zero attached hydrogens (tertiary/aromatic N) is 2. The summed E-state index contributed by atoms with van der Waals surface area (Å²) in [5, 5.41) is 1.07. The third-order valence-electron chi connectivity index (χ3n) is 4.61. The Morgan fingerprint density at radius 1 is 1.08 bits per heavy atom. The molecule has 3 aromatic rings. The molecule has 5 nitrogen and oxygen atoms in total. The zero-order chi connectivity index (χ0) is 16.8. The van der Waals surface area contributed by atoms with Crippen molar-refractivity contribution in [2.75, 3.05) is 6.54 Å². The molecule has 5 heteroatoms. The van der Waals surface area contributed by atoms with E-state index in [1.165, 1.54) is 0 Å². The number of hydrogen-bond acceptors (Lipinski definition) is 2. The molecule has 120 valence electrons. The van der Waals surface area contributed by atoms with Gasteiger partial charge in [-0.05, 0) is 17.7 Å². The van der Waals surface area contributed by atoms with Crippen LogP contribution in [-0.2, 0) is 11.8 Å². The van der Waals surface area contributed by atoms with Gasteiger partial charge < -0.3 is 15.2 Å². The molecule has 1 atom stereocenters. The predicted molar refractivity (Wildman–Crippen MR) is 91.4 cm³/mol. The maximum Gasteiger partial charge on any atom is 0.255 e. The Morgan fingerprint density at radius 2 is 1.79 bits per heavy atom. The van der Waals surface area contributed by atoms with Gasteiger partial charge in [-0.15, -0.1) is 0 Å². The first kappa shape index (κ1) is 14.5. The Morgan fingerprint density at radius 3 is 2.58 bits per heavy atom. The van der Waals surface area contributed by atoms with Crippen LogP contribution in [0.25, 0.3) is 10.9 Å². The molecule has 0 fully saturated rings. The molecule has 4 rings (SSSR count). The Labute approximate surface area is 139 Å². The van der Waals surface area contributed by atoms with Crippen molar-refractivity contribution in [3.63, 3.8) is 0 Å². The minimum atomic E-state index is -0.513. The highest BCUT2D eigenvalue weighted by molar-refractivity contribution is 6.02. The van der Waals surface area contributed by atoms with E-state index in [2.05, 4.69) is 0 Å². The first-order chi connectivity index (χ1) is 11.6. The number of primary amides is 1. The van der Waals surface area contributed by atoms with Gasteiger partial charge in [-0.3, -0.25) is 9.59 Å². The topological polar surface area (TPSA) is 68.3 Å². The number of fused-ring (bicyclic) bond motifs is 2. The van der Waals surface area contributed by atoms with E-state index in [1.807, 2.05) is 60.3 Å². The van der Waals surface area contributed by atoms with Gasteiger partial charge in [0, 0.05) is 35.3 Å². The molecular weight excluding hydrogens is 302 g/mol. The molecule has 24 heavy (non-hydrogen) atoms. The molecule has 1 aliphatic heterocycles. The number of carbonyl (C=O) groups is 2. The van der Waals surface area contributed by atoms with E-state index >= 15 is 0 Å². The lowest BCUT2D eigenvalue weighted by Gasteiger charge is -2.24. The number of hydrogen-bond donors (Lipinski definition) is 1. The molecule has 2 N–H and O–H groups in total. The van der Waals surface area contributed by atoms with Crippen LogP contribution in [0.2, 0.25) is 0 Å². The summed E-state index contributed by atoms with van der Waals surface area (Å²) in [5.74, 6) is -0.663. The zero-order valence-corrected chi connectivity index (χ0v) is 13.3.